The van der Waals surface area contributed by atoms with Crippen LogP contribution in [-0.4, -0.2) is 52.0 Å². The third-order valence-corrected chi connectivity index (χ3v) is 11.1. The molecular formula is C48H48BBrF4O6. The number of hydrogen-bond donors (Lipinski definition) is 4. The van der Waals surface area contributed by atoms with Gasteiger partial charge in [0.1, 0.15) is 34.8 Å². The lowest BCUT2D eigenvalue weighted by Crippen LogP contribution is -2.41. The van der Waals surface area contributed by atoms with Gasteiger partial charge < -0.3 is 29.7 Å². The van der Waals surface area contributed by atoms with Crippen molar-refractivity contribution in [1.29, 1.82) is 0 Å². The van der Waals surface area contributed by atoms with Crippen LogP contribution in [0.1, 0.15) is 51.7 Å². The highest BCUT2D eigenvalue weighted by Crippen LogP contribution is 2.37. The monoisotopic (exact) mass is 886 g/mol. The smallest absolute Gasteiger partial charge is 0.497 e. The van der Waals surface area contributed by atoms with Gasteiger partial charge in [0.25, 0.3) is 0 Å². The molecule has 0 aliphatic carbocycles. The summed E-state index contributed by atoms with van der Waals surface area (Å²) < 4.78 is 67.5. The summed E-state index contributed by atoms with van der Waals surface area (Å²) in [6.45, 7) is 8.00. The molecule has 7 rings (SSSR count). The highest BCUT2D eigenvalue weighted by atomic mass is 79.9. The van der Waals surface area contributed by atoms with E-state index in [-0.39, 0.29) is 41.7 Å². The van der Waals surface area contributed by atoms with Crippen molar-refractivity contribution in [1.82, 2.24) is 0 Å². The Morgan fingerprint density at radius 2 is 0.900 bits per heavy atom. The van der Waals surface area contributed by atoms with Crippen LogP contribution in [0, 0.1) is 23.3 Å². The average molecular weight is 888 g/mol. The van der Waals surface area contributed by atoms with Crippen molar-refractivity contribution in [3.8, 4) is 44.9 Å². The van der Waals surface area contributed by atoms with Gasteiger partial charge in [-0.3, -0.25) is 0 Å². The SMILES string of the molecule is CC1(C)OB(c2ccc(O)cc2F)OC1(C)C.OCCCc1ccc(-c2ccc(-c3ccc(O)cc3F)c(F)c2)cc1.OCCCc1ccc(-c2ccc(Br)c(F)c2)cc1. The van der Waals surface area contributed by atoms with Crippen LogP contribution in [0.4, 0.5) is 17.6 Å². The predicted octanol–water partition coefficient (Wildman–Crippen LogP) is 10.9. The van der Waals surface area contributed by atoms with E-state index in [1.165, 1.54) is 42.0 Å². The Morgan fingerprint density at radius 3 is 1.33 bits per heavy atom. The highest BCUT2D eigenvalue weighted by Gasteiger charge is 2.52. The van der Waals surface area contributed by atoms with Crippen LogP contribution < -0.4 is 5.46 Å². The lowest BCUT2D eigenvalue weighted by atomic mass is 9.78. The zero-order valence-corrected chi connectivity index (χ0v) is 35.4. The van der Waals surface area contributed by atoms with Gasteiger partial charge in [-0.15, -0.1) is 0 Å². The summed E-state index contributed by atoms with van der Waals surface area (Å²) >= 11 is 3.14. The standard InChI is InChI=1S/C21H18F2O2.C15H14BrFO.C12H16BFO3/c22-20-12-16(15-5-3-14(4-6-15)2-1-11-24)7-9-18(20)19-10-8-17(25)13-21(19)23;16-14-8-7-13(10-15(14)17)12-5-3-11(4-6-12)2-1-9-18;1-11(2)12(3,4)17-13(16-11)9-6-5-8(15)7-10(9)14/h3-10,12-13,24-25H,1-2,11H2;3-8,10,18H,1-2,9H2;5-7,15H,1-4H3. The minimum absolute atomic E-state index is 0.109. The average Bonchev–Trinajstić information content (AvgIpc) is 3.43. The first-order chi connectivity index (χ1) is 28.5. The maximum atomic E-state index is 14.5. The minimum atomic E-state index is -0.736. The van der Waals surface area contributed by atoms with Crippen molar-refractivity contribution in [2.45, 2.75) is 64.6 Å². The number of hydrogen-bond acceptors (Lipinski definition) is 6. The number of aromatic hydroxyl groups is 2. The van der Waals surface area contributed by atoms with E-state index in [1.54, 1.807) is 18.2 Å². The van der Waals surface area contributed by atoms with E-state index < -0.39 is 35.8 Å². The molecule has 12 heteroatoms. The molecule has 1 saturated heterocycles. The molecule has 0 atom stereocenters. The van der Waals surface area contributed by atoms with Gasteiger partial charge in [-0.1, -0.05) is 72.8 Å². The largest absolute Gasteiger partial charge is 0.508 e. The first kappa shape index (κ1) is 46.1. The van der Waals surface area contributed by atoms with E-state index in [0.717, 1.165) is 53.6 Å². The van der Waals surface area contributed by atoms with E-state index in [2.05, 4.69) is 15.9 Å². The van der Waals surface area contributed by atoms with E-state index in [4.69, 9.17) is 24.6 Å². The van der Waals surface area contributed by atoms with Crippen LogP contribution in [0.15, 0.2) is 126 Å². The van der Waals surface area contributed by atoms with Gasteiger partial charge in [-0.25, -0.2) is 17.6 Å². The van der Waals surface area contributed by atoms with E-state index in [0.29, 0.717) is 21.9 Å². The summed E-state index contributed by atoms with van der Waals surface area (Å²) in [7, 11) is -0.736. The lowest BCUT2D eigenvalue weighted by molar-refractivity contribution is 0.00578. The van der Waals surface area contributed by atoms with Crippen molar-refractivity contribution in [2.24, 2.45) is 0 Å². The molecule has 0 unspecified atom stereocenters. The van der Waals surface area contributed by atoms with Crippen molar-refractivity contribution in [3.63, 3.8) is 0 Å². The molecule has 1 heterocycles. The summed E-state index contributed by atoms with van der Waals surface area (Å²) in [6, 6.07) is 33.1. The number of phenolic OH excluding ortho intramolecular Hbond substituents is 2. The normalized spacial score (nSPS) is 13.9. The Kier molecular flexibility index (Phi) is 15.8. The number of aryl methyl sites for hydroxylation is 2. The molecule has 1 aliphatic heterocycles. The summed E-state index contributed by atoms with van der Waals surface area (Å²) in [4.78, 5) is 0. The second-order valence-corrected chi connectivity index (χ2v) is 16.2. The molecule has 0 spiro atoms. The van der Waals surface area contributed by atoms with Gasteiger partial charge in [0.05, 0.1) is 15.7 Å². The number of benzene rings is 6. The van der Waals surface area contributed by atoms with E-state index >= 15 is 0 Å². The number of aliphatic hydroxyl groups is 2. The fourth-order valence-corrected chi connectivity index (χ4v) is 6.53. The molecule has 1 aliphatic rings. The molecule has 0 aromatic heterocycles. The molecule has 0 amide bonds. The van der Waals surface area contributed by atoms with Gasteiger partial charge in [-0.2, -0.15) is 0 Å². The second-order valence-electron chi connectivity index (χ2n) is 15.3. The molecule has 1 fully saturated rings. The molecule has 314 valence electrons. The number of rotatable bonds is 10. The van der Waals surface area contributed by atoms with Crippen LogP contribution in [0.3, 0.4) is 0 Å². The number of halogens is 5. The molecule has 0 radical (unpaired) electrons. The Hall–Kier alpha value is -4.98. The van der Waals surface area contributed by atoms with Crippen LogP contribution in [0.25, 0.3) is 33.4 Å². The Labute approximate surface area is 357 Å². The van der Waals surface area contributed by atoms with Gasteiger partial charge in [0, 0.05) is 41.9 Å². The summed E-state index contributed by atoms with van der Waals surface area (Å²) in [5.41, 5.74) is 5.30. The molecular weight excluding hydrogens is 839 g/mol. The fourth-order valence-electron chi connectivity index (χ4n) is 6.28. The van der Waals surface area contributed by atoms with Crippen LogP contribution >= 0.6 is 15.9 Å². The first-order valence-electron chi connectivity index (χ1n) is 19.5. The van der Waals surface area contributed by atoms with Crippen LogP contribution in [0.2, 0.25) is 0 Å². The van der Waals surface area contributed by atoms with Gasteiger partial charge >= 0.3 is 7.12 Å². The topological polar surface area (TPSA) is 99.4 Å². The number of phenols is 2. The molecule has 4 N–H and O–H groups in total. The van der Waals surface area contributed by atoms with E-state index in [1.807, 2.05) is 82.3 Å². The van der Waals surface area contributed by atoms with Crippen LogP contribution in [0.5, 0.6) is 11.5 Å². The van der Waals surface area contributed by atoms with Crippen molar-refractivity contribution >= 4 is 28.5 Å². The van der Waals surface area contributed by atoms with Crippen molar-refractivity contribution < 1.29 is 47.3 Å². The Bertz CT molecular complexity index is 2340. The third kappa shape index (κ3) is 11.9. The maximum Gasteiger partial charge on any atom is 0.497 e. The Balaban J connectivity index is 0.000000175. The Morgan fingerprint density at radius 1 is 0.500 bits per heavy atom. The van der Waals surface area contributed by atoms with Crippen molar-refractivity contribution in [2.75, 3.05) is 13.2 Å². The molecule has 6 nitrogen and oxygen atoms in total. The van der Waals surface area contributed by atoms with E-state index in [9.17, 15) is 22.7 Å². The second kappa shape index (κ2) is 20.5. The maximum absolute atomic E-state index is 14.5. The van der Waals surface area contributed by atoms with Gasteiger partial charge in [0.15, 0.2) is 0 Å². The molecule has 0 bridgehead atoms. The summed E-state index contributed by atoms with van der Waals surface area (Å²) in [5, 5.41) is 36.1. The molecule has 60 heavy (non-hydrogen) atoms. The van der Waals surface area contributed by atoms with Gasteiger partial charge in [-0.05, 0) is 139 Å². The molecule has 6 aromatic carbocycles. The first-order valence-corrected chi connectivity index (χ1v) is 20.3. The summed E-state index contributed by atoms with van der Waals surface area (Å²) in [5.74, 6) is -2.27. The fraction of sp³-hybridized carbons (Fsp3) is 0.250. The minimum Gasteiger partial charge on any atom is -0.508 e. The number of aliphatic hydroxyl groups excluding tert-OH is 2. The third-order valence-electron chi connectivity index (χ3n) is 10.4. The van der Waals surface area contributed by atoms with Crippen LogP contribution in [-0.2, 0) is 22.2 Å². The zero-order chi connectivity index (χ0) is 43.6. The quantitative estimate of drug-likeness (QED) is 0.0808. The zero-order valence-electron chi connectivity index (χ0n) is 33.9. The molecule has 0 saturated carbocycles. The molecule has 6 aromatic rings. The van der Waals surface area contributed by atoms with Crippen molar-refractivity contribution in [3.05, 3.63) is 160 Å². The van der Waals surface area contributed by atoms with Gasteiger partial charge in [0.2, 0.25) is 0 Å². The summed E-state index contributed by atoms with van der Waals surface area (Å²) in [6.07, 6.45) is 3.14. The predicted molar refractivity (Wildman–Crippen MR) is 233 cm³/mol. The highest BCUT2D eigenvalue weighted by molar-refractivity contribution is 9.10. The lowest BCUT2D eigenvalue weighted by Gasteiger charge is -2.32.